The quantitative estimate of drug-likeness (QED) is 0.514. The number of carbonyl (C=O) groups is 2. The SMILES string of the molecule is COCCCNC(=O)[C@@H]1CN(C(=O)c2cccc(Cl)c2)C[C@@H]1c1cc(OC)c(OC)c(OC)c1. The number of nitrogens with zero attached hydrogens (tertiary/aromatic N) is 1. The molecule has 0 unspecified atom stereocenters. The van der Waals surface area contributed by atoms with Crippen molar-refractivity contribution in [2.24, 2.45) is 5.92 Å². The number of halogens is 1. The highest BCUT2D eigenvalue weighted by Gasteiger charge is 2.41. The van der Waals surface area contributed by atoms with Gasteiger partial charge in [-0.15, -0.1) is 0 Å². The topological polar surface area (TPSA) is 86.3 Å². The fourth-order valence-electron chi connectivity index (χ4n) is 4.25. The van der Waals surface area contributed by atoms with Gasteiger partial charge in [0.25, 0.3) is 5.91 Å². The van der Waals surface area contributed by atoms with Gasteiger partial charge < -0.3 is 29.2 Å². The molecule has 8 nitrogen and oxygen atoms in total. The molecule has 0 saturated carbocycles. The predicted octanol–water partition coefficient (Wildman–Crippen LogP) is 3.37. The van der Waals surface area contributed by atoms with Gasteiger partial charge in [0.2, 0.25) is 11.7 Å². The van der Waals surface area contributed by atoms with Gasteiger partial charge in [-0.2, -0.15) is 0 Å². The van der Waals surface area contributed by atoms with Crippen LogP contribution in [-0.4, -0.2) is 71.4 Å². The molecule has 1 aliphatic rings. The standard InChI is InChI=1S/C25H31ClN2O6/c1-31-10-6-9-27-24(29)20-15-28(25(30)16-7-5-8-18(26)11-16)14-19(20)17-12-21(32-2)23(34-4)22(13-17)33-3/h5,7-8,11-13,19-20H,6,9-10,14-15H2,1-4H3,(H,27,29)/t19-,20-/m1/s1. The number of rotatable bonds is 10. The molecule has 1 fully saturated rings. The summed E-state index contributed by atoms with van der Waals surface area (Å²) in [5, 5.41) is 3.47. The Morgan fingerprint density at radius 1 is 1.03 bits per heavy atom. The monoisotopic (exact) mass is 490 g/mol. The van der Waals surface area contributed by atoms with Gasteiger partial charge in [-0.05, 0) is 42.3 Å². The number of hydrogen-bond acceptors (Lipinski definition) is 6. The van der Waals surface area contributed by atoms with Crippen molar-refractivity contribution in [1.29, 1.82) is 0 Å². The number of nitrogens with one attached hydrogen (secondary N) is 1. The summed E-state index contributed by atoms with van der Waals surface area (Å²) in [5.74, 6) is 0.462. The molecule has 2 aromatic carbocycles. The second-order valence-corrected chi connectivity index (χ2v) is 8.47. The van der Waals surface area contributed by atoms with Gasteiger partial charge in [0.1, 0.15) is 0 Å². The smallest absolute Gasteiger partial charge is 0.253 e. The largest absolute Gasteiger partial charge is 0.493 e. The summed E-state index contributed by atoms with van der Waals surface area (Å²) in [4.78, 5) is 28.1. The van der Waals surface area contributed by atoms with E-state index in [-0.39, 0.29) is 24.3 Å². The number of methoxy groups -OCH3 is 4. The minimum Gasteiger partial charge on any atom is -0.493 e. The summed E-state index contributed by atoms with van der Waals surface area (Å²) >= 11 is 6.09. The van der Waals surface area contributed by atoms with Crippen LogP contribution in [0.5, 0.6) is 17.2 Å². The van der Waals surface area contributed by atoms with E-state index in [4.69, 9.17) is 30.5 Å². The van der Waals surface area contributed by atoms with E-state index in [0.29, 0.717) is 54.0 Å². The lowest BCUT2D eigenvalue weighted by Gasteiger charge is -2.21. The van der Waals surface area contributed by atoms with E-state index in [1.165, 1.54) is 7.11 Å². The molecule has 0 aliphatic carbocycles. The first-order valence-corrected chi connectivity index (χ1v) is 11.4. The highest BCUT2D eigenvalue weighted by Crippen LogP contribution is 2.43. The van der Waals surface area contributed by atoms with Crippen LogP contribution < -0.4 is 19.5 Å². The first-order chi connectivity index (χ1) is 16.4. The van der Waals surface area contributed by atoms with E-state index in [1.807, 2.05) is 12.1 Å². The number of ether oxygens (including phenoxy) is 4. The van der Waals surface area contributed by atoms with E-state index < -0.39 is 5.92 Å². The Morgan fingerprint density at radius 3 is 2.32 bits per heavy atom. The Kier molecular flexibility index (Phi) is 9.01. The van der Waals surface area contributed by atoms with Crippen molar-refractivity contribution >= 4 is 23.4 Å². The average molecular weight is 491 g/mol. The highest BCUT2D eigenvalue weighted by atomic mass is 35.5. The molecule has 2 aromatic rings. The molecule has 0 spiro atoms. The zero-order valence-corrected chi connectivity index (χ0v) is 20.7. The second kappa shape index (κ2) is 11.9. The second-order valence-electron chi connectivity index (χ2n) is 8.03. The molecule has 1 heterocycles. The number of carbonyl (C=O) groups excluding carboxylic acids is 2. The lowest BCUT2D eigenvalue weighted by Crippen LogP contribution is -2.36. The molecule has 3 rings (SSSR count). The maximum atomic E-state index is 13.2. The number of amides is 2. The molecule has 0 bridgehead atoms. The maximum absolute atomic E-state index is 13.2. The molecular formula is C25H31ClN2O6. The van der Waals surface area contributed by atoms with Gasteiger partial charge in [0.05, 0.1) is 27.2 Å². The fraction of sp³-hybridized carbons (Fsp3) is 0.440. The Hall–Kier alpha value is -2.97. The summed E-state index contributed by atoms with van der Waals surface area (Å²) in [6.07, 6.45) is 0.703. The minimum atomic E-state index is -0.450. The van der Waals surface area contributed by atoms with Crippen molar-refractivity contribution in [1.82, 2.24) is 10.2 Å². The van der Waals surface area contributed by atoms with Crippen molar-refractivity contribution in [2.45, 2.75) is 12.3 Å². The normalized spacial score (nSPS) is 17.4. The molecule has 0 radical (unpaired) electrons. The molecule has 1 N–H and O–H groups in total. The fourth-order valence-corrected chi connectivity index (χ4v) is 4.44. The molecule has 9 heteroatoms. The van der Waals surface area contributed by atoms with Gasteiger partial charge in [-0.3, -0.25) is 9.59 Å². The van der Waals surface area contributed by atoms with Gasteiger partial charge in [-0.1, -0.05) is 17.7 Å². The zero-order valence-electron chi connectivity index (χ0n) is 19.9. The maximum Gasteiger partial charge on any atom is 0.253 e. The molecular weight excluding hydrogens is 460 g/mol. The van der Waals surface area contributed by atoms with Crippen LogP contribution in [0, 0.1) is 5.92 Å². The van der Waals surface area contributed by atoms with Crippen LogP contribution in [0.3, 0.4) is 0 Å². The molecule has 2 atom stereocenters. The first kappa shape index (κ1) is 25.6. The molecule has 0 aromatic heterocycles. The molecule has 184 valence electrons. The molecule has 1 saturated heterocycles. The van der Waals surface area contributed by atoms with E-state index in [0.717, 1.165) is 5.56 Å². The van der Waals surface area contributed by atoms with Gasteiger partial charge in [-0.25, -0.2) is 0 Å². The van der Waals surface area contributed by atoms with E-state index in [9.17, 15) is 9.59 Å². The van der Waals surface area contributed by atoms with Crippen LogP contribution in [0.1, 0.15) is 28.3 Å². The summed E-state index contributed by atoms with van der Waals surface area (Å²) in [5.41, 5.74) is 1.31. The van der Waals surface area contributed by atoms with Crippen molar-refractivity contribution in [2.75, 3.05) is 54.7 Å². The molecule has 2 amide bonds. The third-order valence-corrected chi connectivity index (χ3v) is 6.19. The Balaban J connectivity index is 1.93. The summed E-state index contributed by atoms with van der Waals surface area (Å²) in [6, 6.07) is 10.5. The van der Waals surface area contributed by atoms with E-state index >= 15 is 0 Å². The number of hydrogen-bond donors (Lipinski definition) is 1. The van der Waals surface area contributed by atoms with Crippen molar-refractivity contribution < 1.29 is 28.5 Å². The van der Waals surface area contributed by atoms with Crippen molar-refractivity contribution in [3.8, 4) is 17.2 Å². The summed E-state index contributed by atoms with van der Waals surface area (Å²) in [6.45, 7) is 1.69. The van der Waals surface area contributed by atoms with E-state index in [2.05, 4.69) is 5.32 Å². The first-order valence-electron chi connectivity index (χ1n) is 11.0. The Labute approximate surface area is 205 Å². The number of likely N-dealkylation sites (tertiary alicyclic amines) is 1. The van der Waals surface area contributed by atoms with Crippen molar-refractivity contribution in [3.05, 3.63) is 52.5 Å². The Morgan fingerprint density at radius 2 is 1.74 bits per heavy atom. The van der Waals surface area contributed by atoms with Gasteiger partial charge in [0.15, 0.2) is 11.5 Å². The highest BCUT2D eigenvalue weighted by molar-refractivity contribution is 6.30. The summed E-state index contributed by atoms with van der Waals surface area (Å²) < 4.78 is 21.5. The molecule has 1 aliphatic heterocycles. The van der Waals surface area contributed by atoms with E-state index in [1.54, 1.807) is 50.5 Å². The minimum absolute atomic E-state index is 0.115. The van der Waals surface area contributed by atoms with Crippen LogP contribution in [0.2, 0.25) is 5.02 Å². The number of benzene rings is 2. The van der Waals surface area contributed by atoms with Crippen LogP contribution in [0.4, 0.5) is 0 Å². The lowest BCUT2D eigenvalue weighted by atomic mass is 9.88. The van der Waals surface area contributed by atoms with Crippen LogP contribution in [-0.2, 0) is 9.53 Å². The van der Waals surface area contributed by atoms with Gasteiger partial charge >= 0.3 is 0 Å². The zero-order chi connectivity index (χ0) is 24.7. The van der Waals surface area contributed by atoms with Crippen LogP contribution in [0.25, 0.3) is 0 Å². The lowest BCUT2D eigenvalue weighted by molar-refractivity contribution is -0.125. The third kappa shape index (κ3) is 5.74. The van der Waals surface area contributed by atoms with Crippen molar-refractivity contribution in [3.63, 3.8) is 0 Å². The average Bonchev–Trinajstić information content (AvgIpc) is 3.30. The van der Waals surface area contributed by atoms with Gasteiger partial charge in [0, 0.05) is 49.9 Å². The third-order valence-electron chi connectivity index (χ3n) is 5.96. The van der Waals surface area contributed by atoms with Crippen LogP contribution >= 0.6 is 11.6 Å². The molecule has 34 heavy (non-hydrogen) atoms. The predicted molar refractivity (Wildman–Crippen MR) is 129 cm³/mol. The summed E-state index contributed by atoms with van der Waals surface area (Å²) in [7, 11) is 6.26. The Bertz CT molecular complexity index is 990. The van der Waals surface area contributed by atoms with Crippen LogP contribution in [0.15, 0.2) is 36.4 Å².